The van der Waals surface area contributed by atoms with Gasteiger partial charge in [0.1, 0.15) is 0 Å². The van der Waals surface area contributed by atoms with Crippen LogP contribution >= 0.6 is 11.8 Å². The average Bonchev–Trinajstić information content (AvgIpc) is 3.14. The molecule has 0 unspecified atom stereocenters. The van der Waals surface area contributed by atoms with Gasteiger partial charge in [0.15, 0.2) is 8.07 Å². The minimum Gasteiger partial charge on any atom is -0.376 e. The molecule has 0 aromatic heterocycles. The second-order valence-corrected chi connectivity index (χ2v) is 18.1. The fourth-order valence-corrected chi connectivity index (χ4v) is 15.5. The number of hydrogen-bond donors (Lipinski definition) is 0. The highest BCUT2D eigenvalue weighted by molar-refractivity contribution is 7.99. The third-order valence-electron chi connectivity index (χ3n) is 10.9. The number of anilines is 5. The standard InChI is InChI=1S/C43H29BN2SSi/c1-28-26-32-31-18-12-25-40-42(31)46(35-21-9-11-24-39(35)48(40,29-14-4-2-5-15-29)30-16-6-3-7-17-30)44-33-19-13-23-38-43(33)45(36(27-28)41(32)44)34-20-8-10-22-37(34)47-38/h2-27H,1H3. The molecule has 0 N–H and O–H groups in total. The Hall–Kier alpha value is -5.23. The van der Waals surface area contributed by atoms with E-state index in [-0.39, 0.29) is 6.85 Å². The van der Waals surface area contributed by atoms with Crippen LogP contribution in [0.4, 0.5) is 28.4 Å². The minimum absolute atomic E-state index is 0.0426. The van der Waals surface area contributed by atoms with E-state index < -0.39 is 8.07 Å². The molecule has 0 saturated heterocycles. The van der Waals surface area contributed by atoms with Gasteiger partial charge in [-0.15, -0.1) is 0 Å². The fraction of sp³-hybridized carbons (Fsp3) is 0.0233. The van der Waals surface area contributed by atoms with Gasteiger partial charge in [-0.25, -0.2) is 0 Å². The van der Waals surface area contributed by atoms with E-state index in [2.05, 4.69) is 174 Å². The van der Waals surface area contributed by atoms with Crippen LogP contribution in [-0.4, -0.2) is 14.9 Å². The number of fused-ring (bicyclic) bond motifs is 8. The van der Waals surface area contributed by atoms with Crippen molar-refractivity contribution < 1.29 is 0 Å². The highest BCUT2D eigenvalue weighted by Gasteiger charge is 2.55. The molecular formula is C43H29BN2SSi. The fourth-order valence-electron chi connectivity index (χ4n) is 9.22. The molecule has 0 spiro atoms. The van der Waals surface area contributed by atoms with Crippen molar-refractivity contribution in [3.05, 3.63) is 163 Å². The molecule has 7 aromatic carbocycles. The second-order valence-electron chi connectivity index (χ2n) is 13.3. The first-order valence-corrected chi connectivity index (χ1v) is 19.5. The van der Waals surface area contributed by atoms with Crippen LogP contribution in [0.25, 0.3) is 11.1 Å². The number of aryl methyl sites for hydroxylation is 1. The molecule has 5 heteroatoms. The van der Waals surface area contributed by atoms with Crippen LogP contribution < -0.4 is 41.4 Å². The highest BCUT2D eigenvalue weighted by Crippen LogP contribution is 2.54. The lowest BCUT2D eigenvalue weighted by atomic mass is 9.43. The minimum atomic E-state index is -2.72. The topological polar surface area (TPSA) is 6.48 Å². The van der Waals surface area contributed by atoms with Crippen LogP contribution in [0.3, 0.4) is 0 Å². The van der Waals surface area contributed by atoms with Gasteiger partial charge in [0.05, 0.1) is 11.4 Å². The van der Waals surface area contributed by atoms with Gasteiger partial charge in [0.25, 0.3) is 0 Å². The number of benzene rings is 7. The van der Waals surface area contributed by atoms with Crippen LogP contribution in [0, 0.1) is 6.92 Å². The van der Waals surface area contributed by atoms with E-state index in [1.165, 1.54) is 86.6 Å². The average molecular weight is 645 g/mol. The lowest BCUT2D eigenvalue weighted by Gasteiger charge is -2.52. The molecule has 0 fully saturated rings. The van der Waals surface area contributed by atoms with E-state index >= 15 is 0 Å². The van der Waals surface area contributed by atoms with Crippen molar-refractivity contribution in [3.8, 4) is 11.1 Å². The Bertz CT molecular complexity index is 2440. The van der Waals surface area contributed by atoms with Gasteiger partial charge in [-0.2, -0.15) is 0 Å². The van der Waals surface area contributed by atoms with Crippen LogP contribution in [0.5, 0.6) is 0 Å². The number of nitrogens with zero attached hydrogens (tertiary/aromatic N) is 2. The van der Waals surface area contributed by atoms with Crippen molar-refractivity contribution in [3.63, 3.8) is 0 Å². The normalized spacial score (nSPS) is 15.1. The van der Waals surface area contributed by atoms with Crippen molar-refractivity contribution in [2.24, 2.45) is 0 Å². The Morgan fingerprint density at radius 2 is 1.17 bits per heavy atom. The van der Waals surface area contributed by atoms with E-state index in [0.29, 0.717) is 0 Å². The quantitative estimate of drug-likeness (QED) is 0.190. The summed E-state index contributed by atoms with van der Waals surface area (Å²) in [4.78, 5) is 7.92. The molecule has 2 nitrogen and oxygen atoms in total. The number of para-hydroxylation sites is 4. The molecule has 0 atom stereocenters. The molecule has 0 radical (unpaired) electrons. The maximum absolute atomic E-state index is 2.73. The molecule has 0 saturated carbocycles. The van der Waals surface area contributed by atoms with Crippen molar-refractivity contribution in [1.29, 1.82) is 0 Å². The van der Waals surface area contributed by atoms with Gasteiger partial charge in [0, 0.05) is 32.4 Å². The Labute approximate surface area is 286 Å². The molecule has 4 aliphatic heterocycles. The molecule has 4 aliphatic rings. The summed E-state index contributed by atoms with van der Waals surface area (Å²) in [6.07, 6.45) is 0. The predicted octanol–water partition coefficient (Wildman–Crippen LogP) is 6.86. The first-order chi connectivity index (χ1) is 23.7. The lowest BCUT2D eigenvalue weighted by molar-refractivity contribution is 1.16. The molecule has 224 valence electrons. The molecular weight excluding hydrogens is 615 g/mol. The molecule has 0 amide bonds. The lowest BCUT2D eigenvalue weighted by Crippen LogP contribution is -2.79. The highest BCUT2D eigenvalue weighted by atomic mass is 32.2. The summed E-state index contributed by atoms with van der Waals surface area (Å²) in [5, 5.41) is 5.77. The van der Waals surface area contributed by atoms with Gasteiger partial charge in [0.2, 0.25) is 0 Å². The van der Waals surface area contributed by atoms with Crippen molar-refractivity contribution in [2.75, 3.05) is 9.71 Å². The SMILES string of the molecule is Cc1cc2c3c(c1)N1c4ccccc4Sc4cccc(c41)B3N1c3ccccc3[Si](c3ccccc3)(c3ccccc3)c3cccc-2c31. The van der Waals surface area contributed by atoms with Gasteiger partial charge in [-0.05, 0) is 80.1 Å². The number of rotatable bonds is 2. The smallest absolute Gasteiger partial charge is 0.333 e. The summed E-state index contributed by atoms with van der Waals surface area (Å²) in [7, 11) is -2.72. The Morgan fingerprint density at radius 3 is 1.96 bits per heavy atom. The first kappa shape index (κ1) is 26.8. The van der Waals surface area contributed by atoms with Gasteiger partial charge >= 0.3 is 6.85 Å². The van der Waals surface area contributed by atoms with E-state index in [0.717, 1.165) is 0 Å². The van der Waals surface area contributed by atoms with Crippen LogP contribution in [0.1, 0.15) is 5.56 Å². The molecule has 48 heavy (non-hydrogen) atoms. The maximum atomic E-state index is 2.73. The van der Waals surface area contributed by atoms with E-state index in [1.807, 2.05) is 11.8 Å². The summed E-state index contributed by atoms with van der Waals surface area (Å²) < 4.78 is 0. The Kier molecular flexibility index (Phi) is 5.39. The van der Waals surface area contributed by atoms with Crippen LogP contribution in [0.2, 0.25) is 0 Å². The van der Waals surface area contributed by atoms with E-state index in [4.69, 9.17) is 0 Å². The van der Waals surface area contributed by atoms with Gasteiger partial charge < -0.3 is 9.71 Å². The zero-order chi connectivity index (χ0) is 31.6. The predicted molar refractivity (Wildman–Crippen MR) is 206 cm³/mol. The largest absolute Gasteiger partial charge is 0.376 e. The Balaban J connectivity index is 1.32. The molecule has 0 bridgehead atoms. The van der Waals surface area contributed by atoms with Crippen molar-refractivity contribution >= 4 is 86.8 Å². The third-order valence-corrected chi connectivity index (χ3v) is 16.9. The van der Waals surface area contributed by atoms with Gasteiger partial charge in [-0.1, -0.05) is 139 Å². The summed E-state index contributed by atoms with van der Waals surface area (Å²) in [6, 6.07) is 60.0. The van der Waals surface area contributed by atoms with Crippen molar-refractivity contribution in [2.45, 2.75) is 16.7 Å². The van der Waals surface area contributed by atoms with E-state index in [1.54, 1.807) is 0 Å². The van der Waals surface area contributed by atoms with Crippen LogP contribution in [0.15, 0.2) is 168 Å². The zero-order valence-corrected chi connectivity index (χ0v) is 28.2. The summed E-state index contributed by atoms with van der Waals surface area (Å²) in [6.45, 7) is 2.31. The summed E-state index contributed by atoms with van der Waals surface area (Å²) >= 11 is 1.90. The molecule has 11 rings (SSSR count). The zero-order valence-electron chi connectivity index (χ0n) is 26.4. The molecule has 4 heterocycles. The molecule has 0 aliphatic carbocycles. The third kappa shape index (κ3) is 3.25. The molecule has 7 aromatic rings. The van der Waals surface area contributed by atoms with Crippen molar-refractivity contribution in [1.82, 2.24) is 0 Å². The number of hydrogen-bond acceptors (Lipinski definition) is 3. The Morgan fingerprint density at radius 1 is 0.521 bits per heavy atom. The van der Waals surface area contributed by atoms with E-state index in [9.17, 15) is 0 Å². The second kappa shape index (κ2) is 9.66. The summed E-state index contributed by atoms with van der Waals surface area (Å²) in [5.41, 5.74) is 13.4. The van der Waals surface area contributed by atoms with Gasteiger partial charge in [-0.3, -0.25) is 0 Å². The van der Waals surface area contributed by atoms with Crippen LogP contribution in [-0.2, 0) is 0 Å². The maximum Gasteiger partial charge on any atom is 0.333 e. The monoisotopic (exact) mass is 644 g/mol. The summed E-state index contributed by atoms with van der Waals surface area (Å²) in [5.74, 6) is 0. The first-order valence-electron chi connectivity index (χ1n) is 16.7.